The van der Waals surface area contributed by atoms with Gasteiger partial charge in [0.1, 0.15) is 17.1 Å². The standard InChI is InChI=1S/C13H8ClNO3/c14-7-3-4-8-9(6-7)15-13(17)11(12(8)16)10-2-1-5-18-10/h1-6H,(H2,15,16,17). The number of rotatable bonds is 1. The van der Waals surface area contributed by atoms with Crippen LogP contribution in [0, 0.1) is 0 Å². The van der Waals surface area contributed by atoms with Crippen LogP contribution in [0.4, 0.5) is 0 Å². The van der Waals surface area contributed by atoms with Crippen molar-refractivity contribution in [2.45, 2.75) is 0 Å². The third-order valence-corrected chi connectivity index (χ3v) is 2.95. The lowest BCUT2D eigenvalue weighted by molar-refractivity contribution is 0.478. The third-order valence-electron chi connectivity index (χ3n) is 2.72. The molecule has 3 rings (SSSR count). The highest BCUT2D eigenvalue weighted by Gasteiger charge is 2.15. The third kappa shape index (κ3) is 1.58. The number of halogens is 1. The Kier molecular flexibility index (Phi) is 2.38. The second-order valence-electron chi connectivity index (χ2n) is 3.84. The molecule has 0 radical (unpaired) electrons. The normalized spacial score (nSPS) is 10.9. The summed E-state index contributed by atoms with van der Waals surface area (Å²) in [6.45, 7) is 0. The summed E-state index contributed by atoms with van der Waals surface area (Å²) >= 11 is 5.84. The fourth-order valence-electron chi connectivity index (χ4n) is 1.90. The number of H-pyrrole nitrogens is 1. The average Bonchev–Trinajstić information content (AvgIpc) is 2.82. The quantitative estimate of drug-likeness (QED) is 0.707. The molecule has 5 heteroatoms. The van der Waals surface area contributed by atoms with Crippen molar-refractivity contribution in [3.8, 4) is 17.1 Å². The van der Waals surface area contributed by atoms with E-state index >= 15 is 0 Å². The van der Waals surface area contributed by atoms with Gasteiger partial charge in [-0.1, -0.05) is 11.6 Å². The highest BCUT2D eigenvalue weighted by Crippen LogP contribution is 2.32. The molecule has 0 aliphatic rings. The number of nitrogens with one attached hydrogen (secondary N) is 1. The lowest BCUT2D eigenvalue weighted by Crippen LogP contribution is -2.08. The number of pyridine rings is 1. The Morgan fingerprint density at radius 3 is 2.83 bits per heavy atom. The molecule has 0 saturated carbocycles. The summed E-state index contributed by atoms with van der Waals surface area (Å²) in [7, 11) is 0. The van der Waals surface area contributed by atoms with E-state index in [4.69, 9.17) is 16.0 Å². The minimum absolute atomic E-state index is 0.111. The summed E-state index contributed by atoms with van der Waals surface area (Å²) in [6, 6.07) is 8.15. The molecule has 0 amide bonds. The van der Waals surface area contributed by atoms with Crippen LogP contribution in [0.3, 0.4) is 0 Å². The molecule has 0 bridgehead atoms. The number of aromatic hydroxyl groups is 1. The van der Waals surface area contributed by atoms with E-state index in [0.717, 1.165) is 0 Å². The molecule has 0 unspecified atom stereocenters. The molecule has 2 aromatic heterocycles. The summed E-state index contributed by atoms with van der Waals surface area (Å²) in [5.74, 6) is 0.214. The van der Waals surface area contributed by atoms with Gasteiger partial charge in [-0.15, -0.1) is 0 Å². The van der Waals surface area contributed by atoms with Gasteiger partial charge < -0.3 is 14.5 Å². The molecule has 18 heavy (non-hydrogen) atoms. The van der Waals surface area contributed by atoms with E-state index < -0.39 is 5.56 Å². The van der Waals surface area contributed by atoms with E-state index in [1.807, 2.05) is 0 Å². The number of aromatic amines is 1. The number of hydrogen-bond acceptors (Lipinski definition) is 3. The SMILES string of the molecule is O=c1[nH]c2cc(Cl)ccc2c(O)c1-c1ccco1. The van der Waals surface area contributed by atoms with Crippen LogP contribution < -0.4 is 5.56 Å². The largest absolute Gasteiger partial charge is 0.506 e. The van der Waals surface area contributed by atoms with Gasteiger partial charge in [-0.05, 0) is 30.3 Å². The maximum absolute atomic E-state index is 11.9. The maximum Gasteiger partial charge on any atom is 0.263 e. The van der Waals surface area contributed by atoms with Crippen molar-refractivity contribution in [3.63, 3.8) is 0 Å². The maximum atomic E-state index is 11.9. The van der Waals surface area contributed by atoms with Crippen LogP contribution in [0.5, 0.6) is 5.75 Å². The smallest absolute Gasteiger partial charge is 0.263 e. The highest BCUT2D eigenvalue weighted by molar-refractivity contribution is 6.31. The molecule has 1 aromatic carbocycles. The fraction of sp³-hybridized carbons (Fsp3) is 0. The summed E-state index contributed by atoms with van der Waals surface area (Å²) in [5, 5.41) is 11.2. The van der Waals surface area contributed by atoms with Crippen molar-refractivity contribution in [3.05, 3.63) is 52.0 Å². The molecule has 0 aliphatic heterocycles. The zero-order chi connectivity index (χ0) is 12.7. The molecule has 0 saturated heterocycles. The van der Waals surface area contributed by atoms with Crippen molar-refractivity contribution in [1.29, 1.82) is 0 Å². The van der Waals surface area contributed by atoms with Crippen LogP contribution in [-0.4, -0.2) is 10.1 Å². The Morgan fingerprint density at radius 1 is 1.28 bits per heavy atom. The molecule has 3 aromatic rings. The number of furan rings is 1. The van der Waals surface area contributed by atoms with E-state index in [-0.39, 0.29) is 11.3 Å². The van der Waals surface area contributed by atoms with Crippen LogP contribution in [0.25, 0.3) is 22.2 Å². The molecule has 4 nitrogen and oxygen atoms in total. The van der Waals surface area contributed by atoms with Gasteiger partial charge in [-0.2, -0.15) is 0 Å². The monoisotopic (exact) mass is 261 g/mol. The second-order valence-corrected chi connectivity index (χ2v) is 4.28. The molecule has 0 aliphatic carbocycles. The van der Waals surface area contributed by atoms with Crippen molar-refractivity contribution in [2.75, 3.05) is 0 Å². The van der Waals surface area contributed by atoms with Crippen LogP contribution in [0.1, 0.15) is 0 Å². The first-order valence-corrected chi connectivity index (χ1v) is 5.63. The minimum atomic E-state index is -0.419. The van der Waals surface area contributed by atoms with Gasteiger partial charge in [0.2, 0.25) is 0 Å². The summed E-state index contributed by atoms with van der Waals surface area (Å²) in [4.78, 5) is 14.6. The van der Waals surface area contributed by atoms with E-state index in [9.17, 15) is 9.90 Å². The molecule has 2 heterocycles. The molecular weight excluding hydrogens is 254 g/mol. The Hall–Kier alpha value is -2.20. The molecule has 0 fully saturated rings. The summed E-state index contributed by atoms with van der Waals surface area (Å²) in [6.07, 6.45) is 1.44. The fourth-order valence-corrected chi connectivity index (χ4v) is 2.07. The minimum Gasteiger partial charge on any atom is -0.506 e. The van der Waals surface area contributed by atoms with Gasteiger partial charge in [0.05, 0.1) is 11.8 Å². The molecule has 0 spiro atoms. The molecule has 0 atom stereocenters. The zero-order valence-corrected chi connectivity index (χ0v) is 9.86. The molecule has 90 valence electrons. The van der Waals surface area contributed by atoms with Gasteiger partial charge >= 0.3 is 0 Å². The van der Waals surface area contributed by atoms with Crippen molar-refractivity contribution in [1.82, 2.24) is 4.98 Å². The number of hydrogen-bond donors (Lipinski definition) is 2. The van der Waals surface area contributed by atoms with Gasteiger partial charge in [0.25, 0.3) is 5.56 Å². The zero-order valence-electron chi connectivity index (χ0n) is 9.11. The summed E-state index contributed by atoms with van der Waals surface area (Å²) < 4.78 is 5.15. The van der Waals surface area contributed by atoms with Gasteiger partial charge in [-0.25, -0.2) is 0 Å². The highest BCUT2D eigenvalue weighted by atomic mass is 35.5. The topological polar surface area (TPSA) is 66.2 Å². The van der Waals surface area contributed by atoms with Crippen LogP contribution >= 0.6 is 11.6 Å². The van der Waals surface area contributed by atoms with Gasteiger partial charge in [-0.3, -0.25) is 4.79 Å². The second kappa shape index (κ2) is 3.92. The average molecular weight is 262 g/mol. The van der Waals surface area contributed by atoms with Gasteiger partial charge in [0, 0.05) is 10.4 Å². The van der Waals surface area contributed by atoms with E-state index in [2.05, 4.69) is 4.98 Å². The summed E-state index contributed by atoms with van der Waals surface area (Å²) in [5.41, 5.74) is 0.187. The van der Waals surface area contributed by atoms with E-state index in [1.54, 1.807) is 30.3 Å². The first-order chi connectivity index (χ1) is 8.66. The van der Waals surface area contributed by atoms with Crippen molar-refractivity contribution >= 4 is 22.5 Å². The Labute approximate surface area is 106 Å². The lowest BCUT2D eigenvalue weighted by atomic mass is 10.1. The van der Waals surface area contributed by atoms with E-state index in [1.165, 1.54) is 6.26 Å². The Bertz CT molecular complexity index is 775. The van der Waals surface area contributed by atoms with Crippen molar-refractivity contribution < 1.29 is 9.52 Å². The first kappa shape index (κ1) is 10.9. The predicted octanol–water partition coefficient (Wildman–Crippen LogP) is 3.15. The first-order valence-electron chi connectivity index (χ1n) is 5.25. The number of aromatic nitrogens is 1. The van der Waals surface area contributed by atoms with Crippen LogP contribution in [-0.2, 0) is 0 Å². The Morgan fingerprint density at radius 2 is 2.11 bits per heavy atom. The predicted molar refractivity (Wildman–Crippen MR) is 68.9 cm³/mol. The van der Waals surface area contributed by atoms with E-state index in [0.29, 0.717) is 21.7 Å². The molecule has 2 N–H and O–H groups in total. The number of fused-ring (bicyclic) bond motifs is 1. The Balaban J connectivity index is 2.41. The van der Waals surface area contributed by atoms with Crippen LogP contribution in [0.2, 0.25) is 5.02 Å². The lowest BCUT2D eigenvalue weighted by Gasteiger charge is -2.05. The van der Waals surface area contributed by atoms with Gasteiger partial charge in [0.15, 0.2) is 0 Å². The number of benzene rings is 1. The van der Waals surface area contributed by atoms with Crippen molar-refractivity contribution in [2.24, 2.45) is 0 Å². The van der Waals surface area contributed by atoms with Crippen LogP contribution in [0.15, 0.2) is 45.8 Å². The molecular formula is C13H8ClNO3.